The molecule has 0 aliphatic rings. The molecule has 0 aliphatic heterocycles. The van der Waals surface area contributed by atoms with Crippen molar-refractivity contribution < 1.29 is 9.53 Å². The van der Waals surface area contributed by atoms with E-state index in [1.807, 2.05) is 50.4 Å². The van der Waals surface area contributed by atoms with Crippen molar-refractivity contribution in [1.82, 2.24) is 4.98 Å². The summed E-state index contributed by atoms with van der Waals surface area (Å²) in [5.41, 5.74) is 7.69. The van der Waals surface area contributed by atoms with Gasteiger partial charge in [-0.05, 0) is 43.5 Å². The van der Waals surface area contributed by atoms with Crippen LogP contribution in [0, 0.1) is 5.92 Å². The molecule has 1 aromatic heterocycles. The van der Waals surface area contributed by atoms with E-state index in [1.165, 1.54) is 11.3 Å². The average molecular weight is 333 g/mol. The van der Waals surface area contributed by atoms with Crippen LogP contribution in [0.25, 0.3) is 11.3 Å². The Morgan fingerprint density at radius 3 is 2.65 bits per heavy atom. The topological polar surface area (TPSA) is 77.2 Å². The minimum absolute atomic E-state index is 0.189. The maximum Gasteiger partial charge on any atom is 0.243 e. The first-order valence-electron chi connectivity index (χ1n) is 7.74. The van der Waals surface area contributed by atoms with Crippen molar-refractivity contribution in [2.45, 2.75) is 33.2 Å². The van der Waals surface area contributed by atoms with E-state index < -0.39 is 6.04 Å². The van der Waals surface area contributed by atoms with Crippen LogP contribution in [0.3, 0.4) is 0 Å². The summed E-state index contributed by atoms with van der Waals surface area (Å²) >= 11 is 1.39. The number of amides is 1. The van der Waals surface area contributed by atoms with Crippen LogP contribution in [0.5, 0.6) is 5.75 Å². The van der Waals surface area contributed by atoms with Gasteiger partial charge in [-0.25, -0.2) is 4.98 Å². The number of carbonyl (C=O) groups is 1. The molecule has 5 nitrogen and oxygen atoms in total. The lowest BCUT2D eigenvalue weighted by Crippen LogP contribution is -2.36. The van der Waals surface area contributed by atoms with Crippen LogP contribution >= 0.6 is 11.3 Å². The van der Waals surface area contributed by atoms with E-state index in [4.69, 9.17) is 10.5 Å². The van der Waals surface area contributed by atoms with Crippen molar-refractivity contribution in [2.75, 3.05) is 11.9 Å². The minimum Gasteiger partial charge on any atom is -0.494 e. The standard InChI is InChI=1S/C17H23N3O2S/c1-4-22-13-7-5-12(6-8-13)15-10-23-17(19-15)20-16(21)14(18)9-11(2)3/h5-8,10-11,14H,4,9,18H2,1-3H3,(H,19,20,21)/t14-/m0/s1. The third-order valence-corrected chi connectivity index (χ3v) is 4.02. The Labute approximate surface area is 140 Å². The predicted molar refractivity (Wildman–Crippen MR) is 94.8 cm³/mol. The molecule has 0 fully saturated rings. The number of anilines is 1. The molecule has 0 radical (unpaired) electrons. The molecule has 1 atom stereocenters. The second-order valence-corrected chi connectivity index (χ2v) is 6.58. The van der Waals surface area contributed by atoms with Crippen LogP contribution in [0.1, 0.15) is 27.2 Å². The van der Waals surface area contributed by atoms with Gasteiger partial charge >= 0.3 is 0 Å². The Balaban J connectivity index is 2.01. The molecule has 6 heteroatoms. The van der Waals surface area contributed by atoms with Crippen molar-refractivity contribution in [3.63, 3.8) is 0 Å². The molecule has 1 heterocycles. The molecular formula is C17H23N3O2S. The second-order valence-electron chi connectivity index (χ2n) is 5.72. The van der Waals surface area contributed by atoms with Crippen LogP contribution in [-0.2, 0) is 4.79 Å². The van der Waals surface area contributed by atoms with E-state index >= 15 is 0 Å². The number of nitrogens with one attached hydrogen (secondary N) is 1. The highest BCUT2D eigenvalue weighted by atomic mass is 32.1. The van der Waals surface area contributed by atoms with E-state index in [1.54, 1.807) is 0 Å². The van der Waals surface area contributed by atoms with Crippen molar-refractivity contribution in [2.24, 2.45) is 11.7 Å². The Kier molecular flexibility index (Phi) is 6.12. The normalized spacial score (nSPS) is 12.2. The number of thiazole rings is 1. The summed E-state index contributed by atoms with van der Waals surface area (Å²) in [6.45, 7) is 6.68. The van der Waals surface area contributed by atoms with Crippen LogP contribution in [0.2, 0.25) is 0 Å². The lowest BCUT2D eigenvalue weighted by atomic mass is 10.0. The van der Waals surface area contributed by atoms with Gasteiger partial charge in [0.15, 0.2) is 5.13 Å². The quantitative estimate of drug-likeness (QED) is 0.813. The average Bonchev–Trinajstić information content (AvgIpc) is 2.96. The predicted octanol–water partition coefficient (Wildman–Crippen LogP) is 3.52. The molecule has 0 bridgehead atoms. The number of benzene rings is 1. The number of rotatable bonds is 7. The van der Waals surface area contributed by atoms with Crippen LogP contribution in [0.15, 0.2) is 29.6 Å². The number of nitrogens with two attached hydrogens (primary N) is 1. The SMILES string of the molecule is CCOc1ccc(-c2csc(NC(=O)[C@@H](N)CC(C)C)n2)cc1. The summed E-state index contributed by atoms with van der Waals surface area (Å²) in [4.78, 5) is 16.5. The lowest BCUT2D eigenvalue weighted by molar-refractivity contribution is -0.117. The third kappa shape index (κ3) is 5.04. The van der Waals surface area contributed by atoms with Gasteiger partial charge in [-0.2, -0.15) is 0 Å². The van der Waals surface area contributed by atoms with Gasteiger partial charge in [-0.1, -0.05) is 13.8 Å². The van der Waals surface area contributed by atoms with Crippen molar-refractivity contribution >= 4 is 22.4 Å². The van der Waals surface area contributed by atoms with Crippen LogP contribution in [0.4, 0.5) is 5.13 Å². The first kappa shape index (κ1) is 17.4. The molecule has 0 saturated carbocycles. The smallest absolute Gasteiger partial charge is 0.243 e. The van der Waals surface area contributed by atoms with Crippen molar-refractivity contribution in [3.05, 3.63) is 29.6 Å². The summed E-state index contributed by atoms with van der Waals surface area (Å²) in [6, 6.07) is 7.23. The van der Waals surface area contributed by atoms with Crippen molar-refractivity contribution in [3.8, 4) is 17.0 Å². The maximum atomic E-state index is 12.0. The molecular weight excluding hydrogens is 310 g/mol. The third-order valence-electron chi connectivity index (χ3n) is 3.26. The fourth-order valence-corrected chi connectivity index (χ4v) is 2.89. The van der Waals surface area contributed by atoms with Gasteiger partial charge in [0.2, 0.25) is 5.91 Å². The first-order valence-corrected chi connectivity index (χ1v) is 8.62. The molecule has 1 amide bonds. The number of ether oxygens (including phenoxy) is 1. The lowest BCUT2D eigenvalue weighted by Gasteiger charge is -2.12. The molecule has 2 aromatic rings. The summed E-state index contributed by atoms with van der Waals surface area (Å²) < 4.78 is 5.42. The van der Waals surface area contributed by atoms with E-state index in [2.05, 4.69) is 10.3 Å². The molecule has 2 rings (SSSR count). The van der Waals surface area contributed by atoms with Gasteiger partial charge in [0.1, 0.15) is 5.75 Å². The zero-order valence-corrected chi connectivity index (χ0v) is 14.5. The van der Waals surface area contributed by atoms with E-state index in [0.29, 0.717) is 24.1 Å². The van der Waals surface area contributed by atoms with Gasteiger partial charge in [-0.15, -0.1) is 11.3 Å². The summed E-state index contributed by atoms with van der Waals surface area (Å²) in [6.07, 6.45) is 0.656. The highest BCUT2D eigenvalue weighted by molar-refractivity contribution is 7.14. The fraction of sp³-hybridized carbons (Fsp3) is 0.412. The molecule has 0 unspecified atom stereocenters. The zero-order valence-electron chi connectivity index (χ0n) is 13.7. The van der Waals surface area contributed by atoms with Gasteiger partial charge in [-0.3, -0.25) is 4.79 Å². The molecule has 23 heavy (non-hydrogen) atoms. The van der Waals surface area contributed by atoms with Gasteiger partial charge in [0.25, 0.3) is 0 Å². The molecule has 0 aliphatic carbocycles. The molecule has 0 saturated heterocycles. The Hall–Kier alpha value is -1.92. The monoisotopic (exact) mass is 333 g/mol. The number of nitrogens with zero attached hydrogens (tertiary/aromatic N) is 1. The summed E-state index contributed by atoms with van der Waals surface area (Å²) in [5, 5.41) is 5.27. The molecule has 0 spiro atoms. The highest BCUT2D eigenvalue weighted by Gasteiger charge is 2.16. The minimum atomic E-state index is -0.507. The number of carbonyl (C=O) groups excluding carboxylic acids is 1. The summed E-state index contributed by atoms with van der Waals surface area (Å²) in [5.74, 6) is 1.03. The summed E-state index contributed by atoms with van der Waals surface area (Å²) in [7, 11) is 0. The largest absolute Gasteiger partial charge is 0.494 e. The second kappa shape index (κ2) is 8.08. The highest BCUT2D eigenvalue weighted by Crippen LogP contribution is 2.26. The Morgan fingerprint density at radius 2 is 2.04 bits per heavy atom. The zero-order chi connectivity index (χ0) is 16.8. The van der Waals surface area contributed by atoms with Gasteiger partial charge in [0, 0.05) is 10.9 Å². The van der Waals surface area contributed by atoms with E-state index in [9.17, 15) is 4.79 Å². The maximum absolute atomic E-state index is 12.0. The van der Waals surface area contributed by atoms with E-state index in [0.717, 1.165) is 17.0 Å². The first-order chi connectivity index (χ1) is 11.0. The van der Waals surface area contributed by atoms with Gasteiger partial charge < -0.3 is 15.8 Å². The van der Waals surface area contributed by atoms with Gasteiger partial charge in [0.05, 0.1) is 18.3 Å². The molecule has 1 aromatic carbocycles. The molecule has 124 valence electrons. The Bertz CT molecular complexity index is 638. The number of aromatic nitrogens is 1. The van der Waals surface area contributed by atoms with E-state index in [-0.39, 0.29) is 5.91 Å². The number of hydrogen-bond acceptors (Lipinski definition) is 5. The fourth-order valence-electron chi connectivity index (χ4n) is 2.17. The molecule has 3 N–H and O–H groups in total. The van der Waals surface area contributed by atoms with Crippen molar-refractivity contribution in [1.29, 1.82) is 0 Å². The Morgan fingerprint density at radius 1 is 1.35 bits per heavy atom. The van der Waals surface area contributed by atoms with Crippen LogP contribution < -0.4 is 15.8 Å². The number of hydrogen-bond donors (Lipinski definition) is 2. The van der Waals surface area contributed by atoms with Crippen LogP contribution in [-0.4, -0.2) is 23.5 Å².